The zero-order valence-electron chi connectivity index (χ0n) is 12.1. The van der Waals surface area contributed by atoms with Gasteiger partial charge in [-0.25, -0.2) is 5.84 Å². The molecule has 0 aliphatic heterocycles. The highest BCUT2D eigenvalue weighted by Crippen LogP contribution is 2.21. The van der Waals surface area contributed by atoms with E-state index >= 15 is 0 Å². The maximum Gasteiger partial charge on any atom is 0.243 e. The van der Waals surface area contributed by atoms with Crippen LogP contribution in [0, 0.1) is 13.8 Å². The second-order valence-corrected chi connectivity index (χ2v) is 5.97. The zero-order chi connectivity index (χ0) is 14.7. The van der Waals surface area contributed by atoms with Crippen LogP contribution >= 0.6 is 11.3 Å². The van der Waals surface area contributed by atoms with Crippen molar-refractivity contribution < 1.29 is 0 Å². The molecule has 2 aromatic heterocycles. The lowest BCUT2D eigenvalue weighted by molar-refractivity contribution is 0.941. The summed E-state index contributed by atoms with van der Waals surface area (Å²) in [5.74, 6) is 6.76. The SMILES string of the molecule is Cc1cc(CNc2nc(NN)nc(N(C)C)n2)sc1C. The van der Waals surface area contributed by atoms with E-state index in [1.54, 1.807) is 16.2 Å². The van der Waals surface area contributed by atoms with Crippen molar-refractivity contribution >= 4 is 29.2 Å². The van der Waals surface area contributed by atoms with Gasteiger partial charge in [0.15, 0.2) is 0 Å². The lowest BCUT2D eigenvalue weighted by Crippen LogP contribution is -2.18. The molecule has 0 unspecified atom stereocenters. The fourth-order valence-electron chi connectivity index (χ4n) is 1.61. The van der Waals surface area contributed by atoms with E-state index in [-0.39, 0.29) is 0 Å². The number of hydrogen-bond donors (Lipinski definition) is 3. The van der Waals surface area contributed by atoms with Crippen molar-refractivity contribution in [1.29, 1.82) is 0 Å². The lowest BCUT2D eigenvalue weighted by atomic mass is 10.3. The van der Waals surface area contributed by atoms with Gasteiger partial charge >= 0.3 is 0 Å². The first-order valence-corrected chi connectivity index (χ1v) is 7.01. The standard InChI is InChI=1S/C12H19N7S/c1-7-5-9(20-8(7)2)6-14-10-15-11(18-13)17-12(16-10)19(3)4/h5H,6,13H2,1-4H3,(H2,14,15,16,17,18). The van der Waals surface area contributed by atoms with Crippen LogP contribution in [0.4, 0.5) is 17.8 Å². The fraction of sp³-hybridized carbons (Fsp3) is 0.417. The molecule has 0 aromatic carbocycles. The summed E-state index contributed by atoms with van der Waals surface area (Å²) in [6.45, 7) is 4.91. The van der Waals surface area contributed by atoms with Crippen molar-refractivity contribution in [2.24, 2.45) is 5.84 Å². The monoisotopic (exact) mass is 293 g/mol. The van der Waals surface area contributed by atoms with E-state index < -0.39 is 0 Å². The first-order chi connectivity index (χ1) is 9.49. The van der Waals surface area contributed by atoms with Gasteiger partial charge in [-0.15, -0.1) is 11.3 Å². The van der Waals surface area contributed by atoms with Crippen molar-refractivity contribution in [2.45, 2.75) is 20.4 Å². The van der Waals surface area contributed by atoms with Crippen molar-refractivity contribution in [3.05, 3.63) is 21.4 Å². The predicted octanol–water partition coefficient (Wildman–Crippen LogP) is 1.51. The van der Waals surface area contributed by atoms with Gasteiger partial charge in [0.25, 0.3) is 0 Å². The van der Waals surface area contributed by atoms with Gasteiger partial charge in [-0.1, -0.05) is 0 Å². The third-order valence-electron chi connectivity index (χ3n) is 2.79. The summed E-state index contributed by atoms with van der Waals surface area (Å²) in [5, 5.41) is 3.20. The Morgan fingerprint density at radius 2 is 1.90 bits per heavy atom. The average Bonchev–Trinajstić information content (AvgIpc) is 2.75. The second kappa shape index (κ2) is 6.02. The van der Waals surface area contributed by atoms with Crippen LogP contribution in [-0.4, -0.2) is 29.0 Å². The molecule has 2 heterocycles. The van der Waals surface area contributed by atoms with Crippen molar-refractivity contribution in [2.75, 3.05) is 29.7 Å². The van der Waals surface area contributed by atoms with E-state index in [1.165, 1.54) is 15.3 Å². The summed E-state index contributed by atoms with van der Waals surface area (Å²) in [4.78, 5) is 17.0. The molecule has 0 saturated heterocycles. The van der Waals surface area contributed by atoms with Crippen molar-refractivity contribution in [3.8, 4) is 0 Å². The number of hydrazine groups is 1. The molecule has 0 bridgehead atoms. The number of nitrogens with two attached hydrogens (primary N) is 1. The Kier molecular flexibility index (Phi) is 4.35. The van der Waals surface area contributed by atoms with Crippen molar-refractivity contribution in [1.82, 2.24) is 15.0 Å². The van der Waals surface area contributed by atoms with Crippen LogP contribution in [0.2, 0.25) is 0 Å². The molecule has 0 radical (unpaired) electrons. The molecule has 0 spiro atoms. The topological polar surface area (TPSA) is 92.0 Å². The first-order valence-electron chi connectivity index (χ1n) is 6.19. The number of thiophene rings is 1. The Bertz CT molecular complexity index is 574. The van der Waals surface area contributed by atoms with Gasteiger partial charge in [0.1, 0.15) is 0 Å². The van der Waals surface area contributed by atoms with Gasteiger partial charge in [-0.05, 0) is 25.5 Å². The smallest absolute Gasteiger partial charge is 0.243 e. The lowest BCUT2D eigenvalue weighted by Gasteiger charge is -2.12. The number of nitrogens with one attached hydrogen (secondary N) is 2. The van der Waals surface area contributed by atoms with E-state index in [1.807, 2.05) is 14.1 Å². The van der Waals surface area contributed by atoms with Gasteiger partial charge < -0.3 is 10.2 Å². The molecular weight excluding hydrogens is 274 g/mol. The first kappa shape index (κ1) is 14.5. The summed E-state index contributed by atoms with van der Waals surface area (Å²) in [6, 6.07) is 2.17. The van der Waals surface area contributed by atoms with Crippen LogP contribution in [0.25, 0.3) is 0 Å². The molecule has 108 valence electrons. The normalized spacial score (nSPS) is 10.4. The van der Waals surface area contributed by atoms with Crippen LogP contribution < -0.4 is 21.5 Å². The summed E-state index contributed by atoms with van der Waals surface area (Å²) < 4.78 is 0. The number of anilines is 3. The molecule has 0 aliphatic rings. The van der Waals surface area contributed by atoms with Crippen molar-refractivity contribution in [3.63, 3.8) is 0 Å². The zero-order valence-corrected chi connectivity index (χ0v) is 12.9. The Morgan fingerprint density at radius 1 is 1.20 bits per heavy atom. The predicted molar refractivity (Wildman–Crippen MR) is 83.1 cm³/mol. The molecule has 7 nitrogen and oxygen atoms in total. The number of rotatable bonds is 5. The molecule has 0 aliphatic carbocycles. The third kappa shape index (κ3) is 3.34. The summed E-state index contributed by atoms with van der Waals surface area (Å²) >= 11 is 1.77. The highest BCUT2D eigenvalue weighted by atomic mass is 32.1. The van der Waals surface area contributed by atoms with E-state index in [0.29, 0.717) is 24.4 Å². The van der Waals surface area contributed by atoms with E-state index in [0.717, 1.165) is 0 Å². The molecule has 2 aromatic rings. The minimum atomic E-state index is 0.338. The molecule has 0 atom stereocenters. The number of nitrogens with zero attached hydrogens (tertiary/aromatic N) is 4. The molecule has 0 saturated carbocycles. The van der Waals surface area contributed by atoms with Gasteiger partial charge in [0.05, 0.1) is 6.54 Å². The highest BCUT2D eigenvalue weighted by molar-refractivity contribution is 7.12. The Morgan fingerprint density at radius 3 is 2.45 bits per heavy atom. The molecule has 20 heavy (non-hydrogen) atoms. The van der Waals surface area contributed by atoms with Gasteiger partial charge in [0, 0.05) is 23.8 Å². The second-order valence-electron chi connectivity index (χ2n) is 4.63. The molecule has 4 N–H and O–H groups in total. The van der Waals surface area contributed by atoms with Crippen LogP contribution in [-0.2, 0) is 6.54 Å². The minimum absolute atomic E-state index is 0.338. The number of hydrogen-bond acceptors (Lipinski definition) is 8. The minimum Gasteiger partial charge on any atom is -0.349 e. The maximum absolute atomic E-state index is 5.37. The quantitative estimate of drug-likeness (QED) is 0.568. The van der Waals surface area contributed by atoms with Gasteiger partial charge in [-0.2, -0.15) is 15.0 Å². The van der Waals surface area contributed by atoms with E-state index in [4.69, 9.17) is 5.84 Å². The summed E-state index contributed by atoms with van der Waals surface area (Å²) in [5.41, 5.74) is 3.75. The van der Waals surface area contributed by atoms with Crippen LogP contribution in [0.3, 0.4) is 0 Å². The number of aromatic nitrogens is 3. The number of nitrogen functional groups attached to an aromatic ring is 1. The fourth-order valence-corrected chi connectivity index (χ4v) is 2.60. The van der Waals surface area contributed by atoms with Crippen LogP contribution in [0.1, 0.15) is 15.3 Å². The molecule has 0 amide bonds. The number of aryl methyl sites for hydroxylation is 2. The van der Waals surface area contributed by atoms with E-state index in [2.05, 4.69) is 45.6 Å². The van der Waals surface area contributed by atoms with Crippen LogP contribution in [0.5, 0.6) is 0 Å². The Hall–Kier alpha value is -1.93. The molecule has 0 fully saturated rings. The average molecular weight is 293 g/mol. The van der Waals surface area contributed by atoms with E-state index in [9.17, 15) is 0 Å². The third-order valence-corrected chi connectivity index (χ3v) is 3.94. The highest BCUT2D eigenvalue weighted by Gasteiger charge is 2.08. The maximum atomic E-state index is 5.37. The summed E-state index contributed by atoms with van der Waals surface area (Å²) in [6.07, 6.45) is 0. The van der Waals surface area contributed by atoms with Gasteiger partial charge in [0.2, 0.25) is 17.8 Å². The summed E-state index contributed by atoms with van der Waals surface area (Å²) in [7, 11) is 3.73. The van der Waals surface area contributed by atoms with Crippen LogP contribution in [0.15, 0.2) is 6.07 Å². The Balaban J connectivity index is 2.14. The molecular formula is C12H19N7S. The molecule has 8 heteroatoms. The largest absolute Gasteiger partial charge is 0.349 e. The molecule has 2 rings (SSSR count). The van der Waals surface area contributed by atoms with Gasteiger partial charge in [-0.3, -0.25) is 5.43 Å². The Labute approximate surface area is 122 Å².